The highest BCUT2D eigenvalue weighted by atomic mass is 16.5. The average molecular weight is 358 g/mol. The van der Waals surface area contributed by atoms with Gasteiger partial charge in [-0.15, -0.1) is 0 Å². The van der Waals surface area contributed by atoms with Gasteiger partial charge >= 0.3 is 0 Å². The number of piperidine rings is 1. The minimum Gasteiger partial charge on any atom is -0.497 e. The van der Waals surface area contributed by atoms with E-state index in [1.807, 2.05) is 21.9 Å². The van der Waals surface area contributed by atoms with Crippen LogP contribution in [-0.2, 0) is 16.0 Å². The van der Waals surface area contributed by atoms with E-state index in [0.717, 1.165) is 51.1 Å². The number of amides is 2. The summed E-state index contributed by atoms with van der Waals surface area (Å²) in [6, 6.07) is 8.26. The van der Waals surface area contributed by atoms with Crippen LogP contribution in [0, 0.1) is 5.92 Å². The van der Waals surface area contributed by atoms with Crippen LogP contribution in [-0.4, -0.2) is 54.9 Å². The molecular formula is C21H30N2O3. The molecule has 142 valence electrons. The number of rotatable bonds is 7. The number of nitrogens with zero attached hydrogens (tertiary/aromatic N) is 2. The largest absolute Gasteiger partial charge is 0.497 e. The highest BCUT2D eigenvalue weighted by Crippen LogP contribution is 2.23. The Hall–Kier alpha value is -2.04. The lowest BCUT2D eigenvalue weighted by molar-refractivity contribution is -0.134. The zero-order valence-electron chi connectivity index (χ0n) is 15.8. The molecule has 2 fully saturated rings. The first kappa shape index (κ1) is 18.7. The molecule has 2 saturated heterocycles. The van der Waals surface area contributed by atoms with Crippen molar-refractivity contribution in [2.24, 2.45) is 5.92 Å². The molecule has 5 nitrogen and oxygen atoms in total. The number of ether oxygens (including phenoxy) is 1. The van der Waals surface area contributed by atoms with Gasteiger partial charge in [0.05, 0.1) is 7.11 Å². The van der Waals surface area contributed by atoms with Crippen molar-refractivity contribution in [1.82, 2.24) is 9.80 Å². The summed E-state index contributed by atoms with van der Waals surface area (Å²) in [7, 11) is 1.68. The molecular weight excluding hydrogens is 328 g/mol. The lowest BCUT2D eigenvalue weighted by atomic mass is 9.91. The Morgan fingerprint density at radius 1 is 1.19 bits per heavy atom. The van der Waals surface area contributed by atoms with Crippen molar-refractivity contribution in [2.75, 3.05) is 33.3 Å². The van der Waals surface area contributed by atoms with Crippen LogP contribution >= 0.6 is 0 Å². The van der Waals surface area contributed by atoms with Gasteiger partial charge in [-0.05, 0) is 55.7 Å². The second kappa shape index (κ2) is 9.06. The third kappa shape index (κ3) is 4.99. The molecule has 0 spiro atoms. The zero-order valence-corrected chi connectivity index (χ0v) is 15.8. The van der Waals surface area contributed by atoms with E-state index in [0.29, 0.717) is 25.3 Å². The summed E-state index contributed by atoms with van der Waals surface area (Å²) < 4.78 is 5.20. The van der Waals surface area contributed by atoms with Gasteiger partial charge in [-0.25, -0.2) is 0 Å². The summed E-state index contributed by atoms with van der Waals surface area (Å²) in [5.74, 6) is 1.87. The second-order valence-electron chi connectivity index (χ2n) is 7.47. The summed E-state index contributed by atoms with van der Waals surface area (Å²) in [4.78, 5) is 28.0. The van der Waals surface area contributed by atoms with E-state index in [9.17, 15) is 9.59 Å². The molecule has 2 aliphatic heterocycles. The first-order chi connectivity index (χ1) is 12.7. The maximum absolute atomic E-state index is 12.5. The third-order valence-electron chi connectivity index (χ3n) is 5.64. The fourth-order valence-electron chi connectivity index (χ4n) is 4.02. The van der Waals surface area contributed by atoms with E-state index in [1.54, 1.807) is 7.11 Å². The molecule has 0 bridgehead atoms. The number of hydrogen-bond acceptors (Lipinski definition) is 3. The monoisotopic (exact) mass is 358 g/mol. The summed E-state index contributed by atoms with van der Waals surface area (Å²) in [5, 5.41) is 0. The van der Waals surface area contributed by atoms with E-state index in [2.05, 4.69) is 12.1 Å². The van der Waals surface area contributed by atoms with Gasteiger partial charge in [-0.2, -0.15) is 0 Å². The van der Waals surface area contributed by atoms with Crippen LogP contribution in [0.4, 0.5) is 0 Å². The van der Waals surface area contributed by atoms with Crippen LogP contribution in [0.25, 0.3) is 0 Å². The van der Waals surface area contributed by atoms with E-state index in [-0.39, 0.29) is 11.8 Å². The fourth-order valence-corrected chi connectivity index (χ4v) is 4.02. The van der Waals surface area contributed by atoms with Crippen molar-refractivity contribution in [2.45, 2.75) is 44.9 Å². The molecule has 2 heterocycles. The van der Waals surface area contributed by atoms with Crippen molar-refractivity contribution in [3.63, 3.8) is 0 Å². The third-order valence-corrected chi connectivity index (χ3v) is 5.64. The van der Waals surface area contributed by atoms with Crippen molar-refractivity contribution in [3.05, 3.63) is 29.8 Å². The Balaban J connectivity index is 1.42. The molecule has 2 amide bonds. The van der Waals surface area contributed by atoms with Crippen LogP contribution in [0.1, 0.15) is 44.1 Å². The minimum absolute atomic E-state index is 0.203. The van der Waals surface area contributed by atoms with Gasteiger partial charge in [-0.3, -0.25) is 9.59 Å². The van der Waals surface area contributed by atoms with Crippen LogP contribution in [0.2, 0.25) is 0 Å². The summed E-state index contributed by atoms with van der Waals surface area (Å²) in [6.45, 7) is 3.13. The van der Waals surface area contributed by atoms with Gasteiger partial charge in [0.2, 0.25) is 11.8 Å². The van der Waals surface area contributed by atoms with E-state index in [4.69, 9.17) is 4.74 Å². The fraction of sp³-hybridized carbons (Fsp3) is 0.619. The molecule has 0 saturated carbocycles. The SMILES string of the molecule is COc1ccc(CC[C@@H]2CCCN(C(=O)CCN3CCCC3=O)C2)cc1. The van der Waals surface area contributed by atoms with Crippen molar-refractivity contribution >= 4 is 11.8 Å². The first-order valence-corrected chi connectivity index (χ1v) is 9.84. The molecule has 26 heavy (non-hydrogen) atoms. The second-order valence-corrected chi connectivity index (χ2v) is 7.47. The number of methoxy groups -OCH3 is 1. The van der Waals surface area contributed by atoms with Gasteiger partial charge in [0.15, 0.2) is 0 Å². The normalized spacial score (nSPS) is 20.5. The predicted molar refractivity (Wildman–Crippen MR) is 101 cm³/mol. The Labute approximate surface area is 156 Å². The lowest BCUT2D eigenvalue weighted by Crippen LogP contribution is -2.41. The highest BCUT2D eigenvalue weighted by Gasteiger charge is 2.25. The van der Waals surface area contributed by atoms with Crippen molar-refractivity contribution in [1.29, 1.82) is 0 Å². The zero-order chi connectivity index (χ0) is 18.4. The molecule has 2 aliphatic rings. The quantitative estimate of drug-likeness (QED) is 0.753. The van der Waals surface area contributed by atoms with E-state index >= 15 is 0 Å². The van der Waals surface area contributed by atoms with Gasteiger partial charge in [0.25, 0.3) is 0 Å². The Kier molecular flexibility index (Phi) is 6.53. The summed E-state index contributed by atoms with van der Waals surface area (Å²) in [6.07, 6.45) is 6.48. The summed E-state index contributed by atoms with van der Waals surface area (Å²) >= 11 is 0. The number of carbonyl (C=O) groups is 2. The van der Waals surface area contributed by atoms with Gasteiger partial charge in [0, 0.05) is 39.0 Å². The Morgan fingerprint density at radius 3 is 2.69 bits per heavy atom. The maximum atomic E-state index is 12.5. The van der Waals surface area contributed by atoms with Crippen LogP contribution in [0.15, 0.2) is 24.3 Å². The molecule has 0 N–H and O–H groups in total. The topological polar surface area (TPSA) is 49.9 Å². The molecule has 1 aromatic carbocycles. The molecule has 0 aliphatic carbocycles. The summed E-state index contributed by atoms with van der Waals surface area (Å²) in [5.41, 5.74) is 1.32. The molecule has 1 aromatic rings. The Morgan fingerprint density at radius 2 is 2.00 bits per heavy atom. The van der Waals surface area contributed by atoms with Crippen molar-refractivity contribution in [3.8, 4) is 5.75 Å². The number of benzene rings is 1. The van der Waals surface area contributed by atoms with Gasteiger partial charge in [-0.1, -0.05) is 12.1 Å². The number of hydrogen-bond donors (Lipinski definition) is 0. The van der Waals surface area contributed by atoms with Gasteiger partial charge in [0.1, 0.15) is 5.75 Å². The standard InChI is InChI=1S/C21H30N2O3/c1-26-19-10-8-17(9-11-19)6-7-18-4-2-14-23(16-18)21(25)12-15-22-13-3-5-20(22)24/h8-11,18H,2-7,12-16H2,1H3/t18-/m0/s1. The van der Waals surface area contributed by atoms with Crippen LogP contribution < -0.4 is 4.74 Å². The smallest absolute Gasteiger partial charge is 0.224 e. The number of carbonyl (C=O) groups excluding carboxylic acids is 2. The van der Waals surface area contributed by atoms with Crippen LogP contribution in [0.3, 0.4) is 0 Å². The van der Waals surface area contributed by atoms with E-state index < -0.39 is 0 Å². The minimum atomic E-state index is 0.203. The lowest BCUT2D eigenvalue weighted by Gasteiger charge is -2.33. The van der Waals surface area contributed by atoms with Crippen LogP contribution in [0.5, 0.6) is 5.75 Å². The molecule has 0 unspecified atom stereocenters. The molecule has 5 heteroatoms. The molecule has 1 atom stereocenters. The van der Waals surface area contributed by atoms with Crippen molar-refractivity contribution < 1.29 is 14.3 Å². The molecule has 3 rings (SSSR count). The highest BCUT2D eigenvalue weighted by molar-refractivity contribution is 5.80. The number of likely N-dealkylation sites (tertiary alicyclic amines) is 2. The Bertz CT molecular complexity index is 614. The van der Waals surface area contributed by atoms with Gasteiger partial charge < -0.3 is 14.5 Å². The predicted octanol–water partition coefficient (Wildman–Crippen LogP) is 2.88. The maximum Gasteiger partial charge on any atom is 0.224 e. The molecule has 0 aromatic heterocycles. The number of aryl methyl sites for hydroxylation is 1. The van der Waals surface area contributed by atoms with E-state index in [1.165, 1.54) is 12.0 Å². The molecule has 0 radical (unpaired) electrons. The average Bonchev–Trinajstić information content (AvgIpc) is 3.10. The first-order valence-electron chi connectivity index (χ1n) is 9.84.